The van der Waals surface area contributed by atoms with Crippen molar-refractivity contribution in [3.05, 3.63) is 52.4 Å². The first-order valence-corrected chi connectivity index (χ1v) is 8.62. The van der Waals surface area contributed by atoms with Crippen molar-refractivity contribution in [2.45, 2.75) is 11.3 Å². The van der Waals surface area contributed by atoms with E-state index in [-0.39, 0.29) is 15.8 Å². The Morgan fingerprint density at radius 1 is 1.18 bits per heavy atom. The Kier molecular flexibility index (Phi) is 5.44. The smallest absolute Gasteiger partial charge is 0.323 e. The lowest BCUT2D eigenvalue weighted by Gasteiger charge is -2.09. The highest BCUT2D eigenvalue weighted by Crippen LogP contribution is 2.33. The van der Waals surface area contributed by atoms with Gasteiger partial charge in [-0.1, -0.05) is 23.4 Å². The van der Waals surface area contributed by atoms with Gasteiger partial charge in [-0.05, 0) is 18.2 Å². The number of aromatic nitrogens is 3. The fourth-order valence-corrected chi connectivity index (χ4v) is 3.08. The summed E-state index contributed by atoms with van der Waals surface area (Å²) in [6.45, 7) is 0. The van der Waals surface area contributed by atoms with E-state index in [1.165, 1.54) is 0 Å². The number of pyridine rings is 1. The van der Waals surface area contributed by atoms with Gasteiger partial charge in [-0.25, -0.2) is 13.2 Å². The number of alkyl halides is 3. The average molecular weight is 441 g/mol. The number of carbonyl (C=O) groups excluding carboxylic acids is 1. The second kappa shape index (κ2) is 7.51. The summed E-state index contributed by atoms with van der Waals surface area (Å²) in [7, 11) is 0. The Balaban J connectivity index is 1.77. The minimum absolute atomic E-state index is 0.0516. The van der Waals surface area contributed by atoms with Gasteiger partial charge in [0.1, 0.15) is 0 Å². The van der Waals surface area contributed by atoms with E-state index >= 15 is 0 Å². The van der Waals surface area contributed by atoms with Gasteiger partial charge in [-0.2, -0.15) is 13.2 Å². The first-order valence-electron chi connectivity index (χ1n) is 7.25. The standard InChI is InChI=1S/C15H7ClF6N4OS/c16-7-3-6(15(20,21)22)4-26-13(7)24-25-14(26)28-5-10(27)23-9-2-1-8(17)11(18)12(9)19/h1-4H,5H2,(H,23,27). The molecular weight excluding hydrogens is 434 g/mol. The Morgan fingerprint density at radius 2 is 1.89 bits per heavy atom. The van der Waals surface area contributed by atoms with Gasteiger partial charge in [0.15, 0.2) is 28.3 Å². The van der Waals surface area contributed by atoms with Crippen LogP contribution in [0, 0.1) is 17.5 Å². The molecule has 1 amide bonds. The van der Waals surface area contributed by atoms with Crippen molar-refractivity contribution >= 4 is 40.6 Å². The van der Waals surface area contributed by atoms with Crippen LogP contribution in [0.25, 0.3) is 5.65 Å². The van der Waals surface area contributed by atoms with E-state index < -0.39 is 46.5 Å². The number of hydrogen-bond donors (Lipinski definition) is 1. The topological polar surface area (TPSA) is 59.3 Å². The number of hydrogen-bond acceptors (Lipinski definition) is 4. The molecule has 148 valence electrons. The molecule has 1 aromatic carbocycles. The van der Waals surface area contributed by atoms with Crippen molar-refractivity contribution in [1.82, 2.24) is 14.6 Å². The van der Waals surface area contributed by atoms with E-state index in [2.05, 4.69) is 10.2 Å². The largest absolute Gasteiger partial charge is 0.417 e. The van der Waals surface area contributed by atoms with Gasteiger partial charge >= 0.3 is 6.18 Å². The Bertz CT molecular complexity index is 1070. The molecule has 0 radical (unpaired) electrons. The van der Waals surface area contributed by atoms with E-state index in [9.17, 15) is 31.1 Å². The van der Waals surface area contributed by atoms with Crippen LogP contribution in [0.1, 0.15) is 5.56 Å². The minimum atomic E-state index is -4.66. The van der Waals surface area contributed by atoms with Gasteiger partial charge in [0.25, 0.3) is 0 Å². The molecule has 0 atom stereocenters. The zero-order valence-corrected chi connectivity index (χ0v) is 14.9. The van der Waals surface area contributed by atoms with Crippen LogP contribution in [0.5, 0.6) is 0 Å². The Labute approximate surface area is 161 Å². The van der Waals surface area contributed by atoms with Gasteiger partial charge in [0, 0.05) is 6.20 Å². The molecule has 28 heavy (non-hydrogen) atoms. The highest BCUT2D eigenvalue weighted by molar-refractivity contribution is 7.99. The van der Waals surface area contributed by atoms with Gasteiger partial charge < -0.3 is 5.32 Å². The summed E-state index contributed by atoms with van der Waals surface area (Å²) in [6, 6.07) is 2.16. The summed E-state index contributed by atoms with van der Waals surface area (Å²) >= 11 is 6.46. The molecule has 2 heterocycles. The minimum Gasteiger partial charge on any atom is -0.323 e. The first-order chi connectivity index (χ1) is 13.1. The molecule has 0 fully saturated rings. The zero-order valence-electron chi connectivity index (χ0n) is 13.3. The molecule has 0 aliphatic heterocycles. The molecule has 0 bridgehead atoms. The average Bonchev–Trinajstić information content (AvgIpc) is 3.03. The van der Waals surface area contributed by atoms with Crippen LogP contribution in [0.3, 0.4) is 0 Å². The van der Waals surface area contributed by atoms with Crippen molar-refractivity contribution < 1.29 is 31.1 Å². The van der Waals surface area contributed by atoms with E-state index in [1.807, 2.05) is 5.32 Å². The predicted molar refractivity (Wildman–Crippen MR) is 88.7 cm³/mol. The third-order valence-corrected chi connectivity index (χ3v) is 4.62. The van der Waals surface area contributed by atoms with Crippen molar-refractivity contribution in [2.75, 3.05) is 11.1 Å². The summed E-state index contributed by atoms with van der Waals surface area (Å²) in [6.07, 6.45) is -3.94. The van der Waals surface area contributed by atoms with Gasteiger partial charge in [0.2, 0.25) is 5.91 Å². The SMILES string of the molecule is O=C(CSc1nnc2c(Cl)cc(C(F)(F)F)cn12)Nc1ccc(F)c(F)c1F. The number of fused-ring (bicyclic) bond motifs is 1. The van der Waals surface area contributed by atoms with Crippen LogP contribution in [-0.4, -0.2) is 26.3 Å². The third kappa shape index (κ3) is 4.02. The van der Waals surface area contributed by atoms with Crippen LogP contribution in [0.2, 0.25) is 5.02 Å². The lowest BCUT2D eigenvalue weighted by atomic mass is 10.3. The van der Waals surface area contributed by atoms with Crippen molar-refractivity contribution in [1.29, 1.82) is 0 Å². The molecule has 0 aliphatic carbocycles. The molecule has 0 unspecified atom stereocenters. The molecule has 0 saturated heterocycles. The highest BCUT2D eigenvalue weighted by atomic mass is 35.5. The number of nitrogens with one attached hydrogen (secondary N) is 1. The van der Waals surface area contributed by atoms with E-state index in [0.29, 0.717) is 23.9 Å². The molecule has 2 aromatic heterocycles. The summed E-state index contributed by atoms with van der Waals surface area (Å²) in [4.78, 5) is 11.9. The summed E-state index contributed by atoms with van der Waals surface area (Å²) < 4.78 is 79.3. The van der Waals surface area contributed by atoms with Crippen LogP contribution in [0.4, 0.5) is 32.0 Å². The number of anilines is 1. The molecule has 3 aromatic rings. The van der Waals surface area contributed by atoms with Gasteiger partial charge in [-0.15, -0.1) is 10.2 Å². The molecule has 3 rings (SSSR count). The van der Waals surface area contributed by atoms with Crippen LogP contribution in [0.15, 0.2) is 29.6 Å². The lowest BCUT2D eigenvalue weighted by molar-refractivity contribution is -0.137. The van der Waals surface area contributed by atoms with E-state index in [0.717, 1.165) is 16.7 Å². The van der Waals surface area contributed by atoms with Crippen molar-refractivity contribution in [2.24, 2.45) is 0 Å². The van der Waals surface area contributed by atoms with Crippen LogP contribution < -0.4 is 5.32 Å². The van der Waals surface area contributed by atoms with E-state index in [1.54, 1.807) is 0 Å². The number of thioether (sulfide) groups is 1. The number of nitrogens with zero attached hydrogens (tertiary/aromatic N) is 3. The maximum Gasteiger partial charge on any atom is 0.417 e. The first kappa shape index (κ1) is 20.3. The van der Waals surface area contributed by atoms with E-state index in [4.69, 9.17) is 11.6 Å². The number of rotatable bonds is 4. The van der Waals surface area contributed by atoms with Crippen LogP contribution in [-0.2, 0) is 11.0 Å². The summed E-state index contributed by atoms with van der Waals surface area (Å²) in [5, 5.41) is 8.97. The number of carbonyl (C=O) groups is 1. The quantitative estimate of drug-likeness (QED) is 0.367. The maximum atomic E-state index is 13.6. The molecular formula is C15H7ClF6N4OS. The molecule has 13 heteroatoms. The van der Waals surface area contributed by atoms with Gasteiger partial charge in [-0.3, -0.25) is 9.20 Å². The molecule has 0 aliphatic rings. The fraction of sp³-hybridized carbons (Fsp3) is 0.133. The van der Waals surface area contributed by atoms with Crippen molar-refractivity contribution in [3.8, 4) is 0 Å². The normalized spacial score (nSPS) is 11.8. The number of halogens is 7. The lowest BCUT2D eigenvalue weighted by Crippen LogP contribution is -2.16. The number of amides is 1. The zero-order chi connectivity index (χ0) is 20.6. The monoisotopic (exact) mass is 440 g/mol. The second-order valence-electron chi connectivity index (χ2n) is 5.31. The molecule has 0 saturated carbocycles. The van der Waals surface area contributed by atoms with Crippen molar-refractivity contribution in [3.63, 3.8) is 0 Å². The molecule has 5 nitrogen and oxygen atoms in total. The van der Waals surface area contributed by atoms with Crippen LogP contribution >= 0.6 is 23.4 Å². The number of benzene rings is 1. The highest BCUT2D eigenvalue weighted by Gasteiger charge is 2.32. The maximum absolute atomic E-state index is 13.6. The Hall–Kier alpha value is -2.47. The van der Waals surface area contributed by atoms with Gasteiger partial charge in [0.05, 0.1) is 22.0 Å². The fourth-order valence-electron chi connectivity index (χ4n) is 2.13. The summed E-state index contributed by atoms with van der Waals surface area (Å²) in [5.74, 6) is -5.99. The summed E-state index contributed by atoms with van der Waals surface area (Å²) in [5.41, 5.74) is -1.68. The molecule has 1 N–H and O–H groups in total. The predicted octanol–water partition coefficient (Wildman–Crippen LogP) is 4.55. The second-order valence-corrected chi connectivity index (χ2v) is 6.66. The third-order valence-electron chi connectivity index (χ3n) is 3.40. The molecule has 0 spiro atoms. The Morgan fingerprint density at radius 3 is 2.57 bits per heavy atom.